The van der Waals surface area contributed by atoms with Gasteiger partial charge in [0.15, 0.2) is 0 Å². The highest BCUT2D eigenvalue weighted by Gasteiger charge is 2.14. The SMILES string of the molecule is CCc1sc(-c2ccccc2Cl)nc1CCOc1ccc2[nH]cc(CC(=O)O)c2c1. The van der Waals surface area contributed by atoms with Gasteiger partial charge in [-0.05, 0) is 36.2 Å². The topological polar surface area (TPSA) is 75.2 Å². The van der Waals surface area contributed by atoms with Crippen LogP contribution in [0.3, 0.4) is 0 Å². The molecule has 0 aliphatic heterocycles. The quantitative estimate of drug-likeness (QED) is 0.365. The number of hydrogen-bond acceptors (Lipinski definition) is 4. The second-order valence-electron chi connectivity index (χ2n) is 6.91. The van der Waals surface area contributed by atoms with E-state index < -0.39 is 5.97 Å². The minimum Gasteiger partial charge on any atom is -0.493 e. The fraction of sp³-hybridized carbons (Fsp3) is 0.217. The van der Waals surface area contributed by atoms with Gasteiger partial charge in [-0.3, -0.25) is 4.79 Å². The van der Waals surface area contributed by atoms with Gasteiger partial charge >= 0.3 is 5.97 Å². The molecular formula is C23H21ClN2O3S. The molecule has 0 aliphatic carbocycles. The van der Waals surface area contributed by atoms with Gasteiger partial charge in [-0.2, -0.15) is 0 Å². The first-order valence-electron chi connectivity index (χ1n) is 9.73. The largest absolute Gasteiger partial charge is 0.493 e. The summed E-state index contributed by atoms with van der Waals surface area (Å²) in [5.41, 5.74) is 3.64. The van der Waals surface area contributed by atoms with Crippen molar-refractivity contribution >= 4 is 39.8 Å². The maximum Gasteiger partial charge on any atom is 0.307 e. The lowest BCUT2D eigenvalue weighted by Gasteiger charge is -2.07. The van der Waals surface area contributed by atoms with Gasteiger partial charge in [0, 0.05) is 34.0 Å². The normalized spacial score (nSPS) is 11.1. The summed E-state index contributed by atoms with van der Waals surface area (Å²) in [5.74, 6) is -0.138. The highest BCUT2D eigenvalue weighted by atomic mass is 35.5. The first kappa shape index (κ1) is 20.4. The third-order valence-corrected chi connectivity index (χ3v) is 6.50. The lowest BCUT2D eigenvalue weighted by Crippen LogP contribution is -2.03. The number of aliphatic carboxylic acids is 1. The van der Waals surface area contributed by atoms with Crippen LogP contribution in [0.1, 0.15) is 23.1 Å². The van der Waals surface area contributed by atoms with Crippen LogP contribution in [0, 0.1) is 0 Å². The summed E-state index contributed by atoms with van der Waals surface area (Å²) in [6.07, 6.45) is 3.32. The number of ether oxygens (including phenoxy) is 1. The van der Waals surface area contributed by atoms with Gasteiger partial charge in [-0.1, -0.05) is 36.7 Å². The molecule has 0 saturated heterocycles. The van der Waals surface area contributed by atoms with E-state index in [1.54, 1.807) is 17.5 Å². The summed E-state index contributed by atoms with van der Waals surface area (Å²) in [5, 5.41) is 11.6. The lowest BCUT2D eigenvalue weighted by atomic mass is 10.1. The first-order valence-corrected chi connectivity index (χ1v) is 10.9. The van der Waals surface area contributed by atoms with E-state index in [1.807, 2.05) is 42.5 Å². The number of nitrogens with one attached hydrogen (secondary N) is 1. The van der Waals surface area contributed by atoms with Crippen LogP contribution in [0.15, 0.2) is 48.7 Å². The fourth-order valence-corrected chi connectivity index (χ4v) is 4.80. The number of benzene rings is 2. The number of carbonyl (C=O) groups is 1. The molecule has 4 rings (SSSR count). The molecule has 154 valence electrons. The van der Waals surface area contributed by atoms with E-state index in [4.69, 9.17) is 26.4 Å². The Morgan fingerprint density at radius 3 is 2.87 bits per heavy atom. The van der Waals surface area contributed by atoms with Crippen molar-refractivity contribution in [2.45, 2.75) is 26.2 Å². The van der Waals surface area contributed by atoms with Crippen LogP contribution in [0.2, 0.25) is 5.02 Å². The summed E-state index contributed by atoms with van der Waals surface area (Å²) >= 11 is 8.01. The summed E-state index contributed by atoms with van der Waals surface area (Å²) in [7, 11) is 0. The average Bonchev–Trinajstić information content (AvgIpc) is 3.32. The number of nitrogens with zero attached hydrogens (tertiary/aromatic N) is 1. The number of aromatic nitrogens is 2. The van der Waals surface area contributed by atoms with Gasteiger partial charge < -0.3 is 14.8 Å². The van der Waals surface area contributed by atoms with Crippen LogP contribution in [-0.4, -0.2) is 27.7 Å². The molecule has 0 saturated carbocycles. The van der Waals surface area contributed by atoms with Crippen molar-refractivity contribution in [1.82, 2.24) is 9.97 Å². The summed E-state index contributed by atoms with van der Waals surface area (Å²) in [6, 6.07) is 13.4. The Kier molecular flexibility index (Phi) is 6.06. The Labute approximate surface area is 183 Å². The highest BCUT2D eigenvalue weighted by molar-refractivity contribution is 7.15. The molecular weight excluding hydrogens is 420 g/mol. The van der Waals surface area contributed by atoms with Crippen molar-refractivity contribution in [1.29, 1.82) is 0 Å². The molecule has 2 heterocycles. The Hall–Kier alpha value is -2.83. The molecule has 0 unspecified atom stereocenters. The lowest BCUT2D eigenvalue weighted by molar-refractivity contribution is -0.136. The van der Waals surface area contributed by atoms with E-state index in [0.29, 0.717) is 23.8 Å². The van der Waals surface area contributed by atoms with Gasteiger partial charge in [0.25, 0.3) is 0 Å². The Morgan fingerprint density at radius 1 is 1.27 bits per heavy atom. The van der Waals surface area contributed by atoms with Crippen molar-refractivity contribution in [3.05, 3.63) is 69.8 Å². The number of rotatable bonds is 8. The van der Waals surface area contributed by atoms with Crippen LogP contribution in [-0.2, 0) is 24.1 Å². The fourth-order valence-electron chi connectivity index (χ4n) is 3.43. The van der Waals surface area contributed by atoms with E-state index in [1.165, 1.54) is 4.88 Å². The summed E-state index contributed by atoms with van der Waals surface area (Å²) in [6.45, 7) is 2.61. The smallest absolute Gasteiger partial charge is 0.307 e. The van der Waals surface area contributed by atoms with Crippen LogP contribution in [0.5, 0.6) is 5.75 Å². The second kappa shape index (κ2) is 8.90. The number of H-pyrrole nitrogens is 1. The molecule has 5 nitrogen and oxygen atoms in total. The second-order valence-corrected chi connectivity index (χ2v) is 8.40. The first-order chi connectivity index (χ1) is 14.5. The number of aryl methyl sites for hydroxylation is 1. The van der Waals surface area contributed by atoms with Gasteiger partial charge in [0.1, 0.15) is 10.8 Å². The zero-order valence-electron chi connectivity index (χ0n) is 16.4. The third kappa shape index (κ3) is 4.35. The molecule has 4 aromatic rings. The highest BCUT2D eigenvalue weighted by Crippen LogP contribution is 2.33. The third-order valence-electron chi connectivity index (χ3n) is 4.89. The van der Waals surface area contributed by atoms with Gasteiger partial charge in [0.05, 0.1) is 23.7 Å². The molecule has 30 heavy (non-hydrogen) atoms. The predicted molar refractivity (Wildman–Crippen MR) is 121 cm³/mol. The number of fused-ring (bicyclic) bond motifs is 1. The van der Waals surface area contributed by atoms with Crippen LogP contribution in [0.25, 0.3) is 21.5 Å². The molecule has 0 fully saturated rings. The zero-order valence-corrected chi connectivity index (χ0v) is 18.0. The van der Waals surface area contributed by atoms with Gasteiger partial charge in [-0.15, -0.1) is 11.3 Å². The van der Waals surface area contributed by atoms with Gasteiger partial charge in [0.2, 0.25) is 0 Å². The van der Waals surface area contributed by atoms with E-state index >= 15 is 0 Å². The molecule has 7 heteroatoms. The molecule has 0 atom stereocenters. The molecule has 0 radical (unpaired) electrons. The summed E-state index contributed by atoms with van der Waals surface area (Å²) in [4.78, 5) is 20.2. The Balaban J connectivity index is 1.48. The van der Waals surface area contributed by atoms with E-state index in [0.717, 1.165) is 39.2 Å². The molecule has 0 spiro atoms. The van der Waals surface area contributed by atoms with Crippen LogP contribution >= 0.6 is 22.9 Å². The number of carboxylic acids is 1. The monoisotopic (exact) mass is 440 g/mol. The van der Waals surface area contributed by atoms with E-state index in [9.17, 15) is 4.79 Å². The molecule has 2 aromatic heterocycles. The number of hydrogen-bond donors (Lipinski definition) is 2. The Bertz CT molecular complexity index is 1200. The predicted octanol–water partition coefficient (Wildman–Crippen LogP) is 5.76. The minimum absolute atomic E-state index is 0.0209. The maximum atomic E-state index is 11.1. The minimum atomic E-state index is -0.854. The maximum absolute atomic E-state index is 11.1. The molecule has 2 aromatic carbocycles. The van der Waals surface area contributed by atoms with Crippen molar-refractivity contribution in [3.63, 3.8) is 0 Å². The Morgan fingerprint density at radius 2 is 2.10 bits per heavy atom. The molecule has 0 aliphatic rings. The van der Waals surface area contributed by atoms with Crippen LogP contribution < -0.4 is 4.74 Å². The van der Waals surface area contributed by atoms with Gasteiger partial charge in [-0.25, -0.2) is 4.98 Å². The molecule has 0 bridgehead atoms. The number of aromatic amines is 1. The summed E-state index contributed by atoms with van der Waals surface area (Å²) < 4.78 is 5.96. The number of thiazole rings is 1. The van der Waals surface area contributed by atoms with Crippen molar-refractivity contribution in [2.24, 2.45) is 0 Å². The van der Waals surface area contributed by atoms with E-state index in [2.05, 4.69) is 11.9 Å². The number of halogens is 1. The average molecular weight is 441 g/mol. The van der Waals surface area contributed by atoms with Crippen molar-refractivity contribution in [2.75, 3.05) is 6.61 Å². The molecule has 0 amide bonds. The van der Waals surface area contributed by atoms with Crippen molar-refractivity contribution < 1.29 is 14.6 Å². The standard InChI is InChI=1S/C23H21ClN2O3S/c1-2-21-20(26-23(30-21)16-5-3-4-6-18(16)24)9-10-29-15-7-8-19-17(12-15)14(13-25-19)11-22(27)28/h3-8,12-13,25H,2,9-11H2,1H3,(H,27,28). The van der Waals surface area contributed by atoms with E-state index in [-0.39, 0.29) is 6.42 Å². The molecule has 2 N–H and O–H groups in total. The van der Waals surface area contributed by atoms with Crippen molar-refractivity contribution in [3.8, 4) is 16.3 Å². The van der Waals surface area contributed by atoms with Crippen LogP contribution in [0.4, 0.5) is 0 Å². The zero-order chi connectivity index (χ0) is 21.1. The number of carboxylic acid groups (broad SMARTS) is 1.